The van der Waals surface area contributed by atoms with Crippen molar-refractivity contribution in [1.29, 1.82) is 0 Å². The van der Waals surface area contributed by atoms with Gasteiger partial charge in [0.05, 0.1) is 37.0 Å². The molecule has 2 aromatic rings. The van der Waals surface area contributed by atoms with E-state index < -0.39 is 11.9 Å². The van der Waals surface area contributed by atoms with Gasteiger partial charge in [0.25, 0.3) is 0 Å². The van der Waals surface area contributed by atoms with Gasteiger partial charge in [-0.15, -0.1) is 22.7 Å². The second-order valence-corrected chi connectivity index (χ2v) is 10.4. The molecule has 0 radical (unpaired) electrons. The maximum absolute atomic E-state index is 13.1. The summed E-state index contributed by atoms with van der Waals surface area (Å²) in [5, 5.41) is 17.0. The SMILES string of the molecule is COC(=O)C1=C(CN2CCN3C(=O)N(c4nc(/C=C/C(=O)O)cs4)C[C@@H]3C2)NC(c2nccs2)=N[C@H]1C. The lowest BCUT2D eigenvalue weighted by atomic mass is 10.0. The zero-order chi connectivity index (χ0) is 26.1. The number of aliphatic carboxylic acids is 1. The molecule has 3 aliphatic rings. The number of amidine groups is 1. The quantitative estimate of drug-likeness (QED) is 0.393. The molecule has 2 N–H and O–H groups in total. The number of aliphatic imine (C=N–C) groups is 1. The number of carbonyl (C=O) groups excluding carboxylic acids is 2. The molecule has 2 fully saturated rings. The van der Waals surface area contributed by atoms with E-state index in [1.54, 1.807) is 16.5 Å². The number of thiazole rings is 2. The average molecular weight is 544 g/mol. The molecule has 37 heavy (non-hydrogen) atoms. The van der Waals surface area contributed by atoms with E-state index >= 15 is 0 Å². The fraction of sp³-hybridized carbons (Fsp3) is 0.391. The molecule has 0 bridgehead atoms. The number of piperazine rings is 1. The minimum absolute atomic E-state index is 0.0431. The van der Waals surface area contributed by atoms with Crippen molar-refractivity contribution >= 4 is 57.7 Å². The van der Waals surface area contributed by atoms with E-state index in [-0.39, 0.29) is 18.1 Å². The van der Waals surface area contributed by atoms with Crippen molar-refractivity contribution in [1.82, 2.24) is 25.1 Å². The smallest absolute Gasteiger partial charge is 0.337 e. The van der Waals surface area contributed by atoms with E-state index in [9.17, 15) is 14.4 Å². The molecule has 194 valence electrons. The summed E-state index contributed by atoms with van der Waals surface area (Å²) in [6, 6.07) is -0.537. The molecule has 0 unspecified atom stereocenters. The number of nitrogens with one attached hydrogen (secondary N) is 1. The summed E-state index contributed by atoms with van der Waals surface area (Å²) in [4.78, 5) is 55.6. The number of methoxy groups -OCH3 is 1. The first-order valence-electron chi connectivity index (χ1n) is 11.6. The van der Waals surface area contributed by atoms with Crippen molar-refractivity contribution in [3.8, 4) is 0 Å². The highest BCUT2D eigenvalue weighted by Gasteiger charge is 2.42. The van der Waals surface area contributed by atoms with E-state index in [2.05, 4.69) is 25.2 Å². The Labute approximate surface area is 220 Å². The molecule has 0 saturated carbocycles. The number of nitrogens with zero attached hydrogens (tertiary/aromatic N) is 6. The third kappa shape index (κ3) is 5.12. The normalized spacial score (nSPS) is 22.3. The second kappa shape index (κ2) is 10.4. The summed E-state index contributed by atoms with van der Waals surface area (Å²) in [5.74, 6) is -0.849. The molecule has 2 atom stereocenters. The number of hydrogen-bond acceptors (Lipinski definition) is 11. The third-order valence-electron chi connectivity index (χ3n) is 6.33. The summed E-state index contributed by atoms with van der Waals surface area (Å²) in [6.07, 6.45) is 4.14. The van der Waals surface area contributed by atoms with Crippen LogP contribution in [-0.4, -0.2) is 101 Å². The number of carbonyl (C=O) groups is 3. The van der Waals surface area contributed by atoms with Crippen LogP contribution in [0.3, 0.4) is 0 Å². The summed E-state index contributed by atoms with van der Waals surface area (Å²) in [6.45, 7) is 4.61. The Bertz CT molecular complexity index is 1300. The molecular formula is C23H25N7O5S2. The van der Waals surface area contributed by atoms with E-state index in [1.807, 2.05) is 17.2 Å². The van der Waals surface area contributed by atoms with Crippen LogP contribution < -0.4 is 10.2 Å². The lowest BCUT2D eigenvalue weighted by molar-refractivity contribution is -0.136. The van der Waals surface area contributed by atoms with E-state index in [1.165, 1.54) is 35.9 Å². The first-order valence-corrected chi connectivity index (χ1v) is 13.3. The maximum Gasteiger partial charge on any atom is 0.337 e. The summed E-state index contributed by atoms with van der Waals surface area (Å²) < 4.78 is 5.04. The molecule has 2 amide bonds. The van der Waals surface area contributed by atoms with Gasteiger partial charge in [0.2, 0.25) is 0 Å². The van der Waals surface area contributed by atoms with Crippen molar-refractivity contribution in [2.75, 3.05) is 44.7 Å². The van der Waals surface area contributed by atoms with Crippen LogP contribution in [0, 0.1) is 0 Å². The monoisotopic (exact) mass is 543 g/mol. The van der Waals surface area contributed by atoms with Gasteiger partial charge in [-0.25, -0.2) is 24.4 Å². The number of urea groups is 1. The zero-order valence-corrected chi connectivity index (χ0v) is 21.8. The Morgan fingerprint density at radius 2 is 2.14 bits per heavy atom. The average Bonchev–Trinajstić information content (AvgIpc) is 3.63. The summed E-state index contributed by atoms with van der Waals surface area (Å²) in [5.41, 5.74) is 1.71. The van der Waals surface area contributed by atoms with E-state index in [0.29, 0.717) is 55.0 Å². The Kier molecular flexibility index (Phi) is 7.04. The molecular weight excluding hydrogens is 518 g/mol. The number of hydrogen-bond donors (Lipinski definition) is 2. The Hall–Kier alpha value is -3.62. The molecule has 0 aliphatic carbocycles. The number of rotatable bonds is 7. The van der Waals surface area contributed by atoms with Gasteiger partial charge in [-0.05, 0) is 13.0 Å². The molecule has 5 heterocycles. The first-order chi connectivity index (χ1) is 17.8. The third-order valence-corrected chi connectivity index (χ3v) is 7.99. The fourth-order valence-corrected chi connectivity index (χ4v) is 6.05. The predicted molar refractivity (Wildman–Crippen MR) is 139 cm³/mol. The number of ether oxygens (including phenoxy) is 1. The van der Waals surface area contributed by atoms with Crippen LogP contribution in [0.2, 0.25) is 0 Å². The van der Waals surface area contributed by atoms with Gasteiger partial charge in [0, 0.05) is 54.9 Å². The second-order valence-electron chi connectivity index (χ2n) is 8.70. The largest absolute Gasteiger partial charge is 0.478 e. The number of aromatic nitrogens is 2. The highest BCUT2D eigenvalue weighted by atomic mass is 32.1. The number of fused-ring (bicyclic) bond motifs is 1. The van der Waals surface area contributed by atoms with E-state index in [4.69, 9.17) is 9.84 Å². The van der Waals surface area contributed by atoms with Crippen molar-refractivity contribution in [2.24, 2.45) is 4.99 Å². The molecule has 12 nitrogen and oxygen atoms in total. The molecule has 2 aromatic heterocycles. The molecule has 3 aliphatic heterocycles. The maximum atomic E-state index is 13.1. The summed E-state index contributed by atoms with van der Waals surface area (Å²) >= 11 is 2.77. The zero-order valence-electron chi connectivity index (χ0n) is 20.2. The van der Waals surface area contributed by atoms with Gasteiger partial charge in [0.15, 0.2) is 16.0 Å². The van der Waals surface area contributed by atoms with Crippen molar-refractivity contribution in [3.05, 3.63) is 45.0 Å². The number of anilines is 1. The van der Waals surface area contributed by atoms with Gasteiger partial charge in [-0.3, -0.25) is 14.8 Å². The Balaban J connectivity index is 1.30. The number of amides is 2. The Morgan fingerprint density at radius 1 is 1.30 bits per heavy atom. The van der Waals surface area contributed by atoms with Gasteiger partial charge >= 0.3 is 18.0 Å². The first kappa shape index (κ1) is 25.0. The standard InChI is InChI=1S/C23H25N7O5S2/c1-13-18(21(33)35-2)16(27-19(25-13)20-24-5-8-36-20)11-28-6-7-29-15(9-28)10-30(23(29)34)22-26-14(12-37-22)3-4-17(31)32/h3-5,8,12-13,15H,6-7,9-11H2,1-2H3,(H,25,27)(H,31,32)/b4-3+/t13-,15-/m0/s1. The van der Waals surface area contributed by atoms with Crippen LogP contribution in [0.15, 0.2) is 39.3 Å². The molecule has 2 saturated heterocycles. The van der Waals surface area contributed by atoms with Crippen LogP contribution in [0.25, 0.3) is 6.08 Å². The highest BCUT2D eigenvalue weighted by Crippen LogP contribution is 2.30. The molecule has 5 rings (SSSR count). The van der Waals surface area contributed by atoms with Crippen molar-refractivity contribution < 1.29 is 24.2 Å². The van der Waals surface area contributed by atoms with Crippen LogP contribution >= 0.6 is 22.7 Å². The highest BCUT2D eigenvalue weighted by molar-refractivity contribution is 7.14. The molecule has 14 heteroatoms. The fourth-order valence-electron chi connectivity index (χ4n) is 4.66. The number of carboxylic acid groups (broad SMARTS) is 1. The van der Waals surface area contributed by atoms with Crippen LogP contribution in [0.5, 0.6) is 0 Å². The van der Waals surface area contributed by atoms with Crippen molar-refractivity contribution in [3.63, 3.8) is 0 Å². The number of esters is 1. The lowest BCUT2D eigenvalue weighted by Gasteiger charge is -2.37. The molecule has 0 aromatic carbocycles. The van der Waals surface area contributed by atoms with Gasteiger partial charge < -0.3 is 20.1 Å². The van der Waals surface area contributed by atoms with Gasteiger partial charge in [0.1, 0.15) is 0 Å². The van der Waals surface area contributed by atoms with Gasteiger partial charge in [-0.1, -0.05) is 0 Å². The van der Waals surface area contributed by atoms with Crippen LogP contribution in [0.1, 0.15) is 17.6 Å². The number of carboxylic acids is 1. The van der Waals surface area contributed by atoms with E-state index in [0.717, 1.165) is 16.8 Å². The van der Waals surface area contributed by atoms with Gasteiger partial charge in [-0.2, -0.15) is 0 Å². The minimum Gasteiger partial charge on any atom is -0.478 e. The topological polar surface area (TPSA) is 141 Å². The molecule has 0 spiro atoms. The van der Waals surface area contributed by atoms with Crippen LogP contribution in [0.4, 0.5) is 9.93 Å². The van der Waals surface area contributed by atoms with Crippen LogP contribution in [-0.2, 0) is 14.3 Å². The lowest BCUT2D eigenvalue weighted by Crippen LogP contribution is -2.53. The minimum atomic E-state index is -1.05. The van der Waals surface area contributed by atoms with Crippen molar-refractivity contribution in [2.45, 2.75) is 19.0 Å². The Morgan fingerprint density at radius 3 is 2.86 bits per heavy atom. The summed E-state index contributed by atoms with van der Waals surface area (Å²) in [7, 11) is 1.36. The predicted octanol–water partition coefficient (Wildman–Crippen LogP) is 1.49.